The van der Waals surface area contributed by atoms with Crippen molar-refractivity contribution in [3.8, 4) is 22.3 Å². The highest BCUT2D eigenvalue weighted by atomic mass is 15.1. The zero-order chi connectivity index (χ0) is 64.1. The molecular formula is C93H62N4. The van der Waals surface area contributed by atoms with Crippen LogP contribution in [0.3, 0.4) is 0 Å². The van der Waals surface area contributed by atoms with E-state index in [-0.39, 0.29) is 0 Å². The number of fused-ring (bicyclic) bond motifs is 24. The lowest BCUT2D eigenvalue weighted by atomic mass is 9.92. The van der Waals surface area contributed by atoms with Gasteiger partial charge in [0.05, 0.1) is 49.7 Å². The normalized spacial score (nSPS) is 12.1. The lowest BCUT2D eigenvalue weighted by Crippen LogP contribution is -2.09. The Labute approximate surface area is 559 Å². The Balaban J connectivity index is 0.0000000997. The van der Waals surface area contributed by atoms with Gasteiger partial charge in [0.15, 0.2) is 0 Å². The van der Waals surface area contributed by atoms with Crippen LogP contribution in [-0.4, -0.2) is 13.2 Å². The third kappa shape index (κ3) is 8.17. The summed E-state index contributed by atoms with van der Waals surface area (Å²) in [5.74, 6) is 0. The van der Waals surface area contributed by atoms with Crippen molar-refractivity contribution in [2.75, 3.05) is 4.90 Å². The van der Waals surface area contributed by atoms with E-state index < -0.39 is 0 Å². The van der Waals surface area contributed by atoms with Crippen molar-refractivity contribution in [2.24, 2.45) is 0 Å². The van der Waals surface area contributed by atoms with E-state index in [4.69, 9.17) is 0 Å². The van der Waals surface area contributed by atoms with Gasteiger partial charge in [-0.05, 0) is 190 Å². The van der Waals surface area contributed by atoms with E-state index in [1.54, 1.807) is 0 Å². The summed E-state index contributed by atoms with van der Waals surface area (Å²) in [7, 11) is 0. The molecule has 4 nitrogen and oxygen atoms in total. The van der Waals surface area contributed by atoms with E-state index in [1.165, 1.54) is 186 Å². The van der Waals surface area contributed by atoms with Gasteiger partial charge >= 0.3 is 0 Å². The van der Waals surface area contributed by atoms with Crippen LogP contribution in [0.2, 0.25) is 0 Å². The fraction of sp³-hybridized carbons (Fsp3) is 0.0323. The summed E-state index contributed by atoms with van der Waals surface area (Å²) in [6.07, 6.45) is 0. The van der Waals surface area contributed by atoms with Crippen molar-refractivity contribution >= 4 is 164 Å². The molecule has 6 aromatic heterocycles. The Bertz CT molecular complexity index is 6830. The molecule has 0 atom stereocenters. The largest absolute Gasteiger partial charge is 0.310 e. The molecule has 22 rings (SSSR count). The Morgan fingerprint density at radius 1 is 0.216 bits per heavy atom. The summed E-state index contributed by atoms with van der Waals surface area (Å²) in [5, 5.41) is 23.8. The van der Waals surface area contributed by atoms with Crippen LogP contribution in [0, 0.1) is 20.8 Å². The molecule has 6 heterocycles. The van der Waals surface area contributed by atoms with Crippen molar-refractivity contribution < 1.29 is 0 Å². The Hall–Kier alpha value is -12.5. The van der Waals surface area contributed by atoms with E-state index in [1.807, 2.05) is 0 Å². The molecule has 0 N–H and O–H groups in total. The quantitative estimate of drug-likeness (QED) is 0.168. The smallest absolute Gasteiger partial charge is 0.0626 e. The molecule has 0 saturated heterocycles. The molecule has 0 aliphatic carbocycles. The summed E-state index contributed by atoms with van der Waals surface area (Å²) in [6, 6.07) is 117. The fourth-order valence-electron chi connectivity index (χ4n) is 17.1. The molecule has 0 saturated carbocycles. The van der Waals surface area contributed by atoms with Crippen LogP contribution >= 0.6 is 0 Å². The number of para-hydroxylation sites is 5. The van der Waals surface area contributed by atoms with Gasteiger partial charge in [-0.1, -0.05) is 224 Å². The monoisotopic (exact) mass is 1230 g/mol. The lowest BCUT2D eigenvalue weighted by molar-refractivity contribution is 1.29. The van der Waals surface area contributed by atoms with E-state index in [2.05, 4.69) is 360 Å². The number of hydrogen-bond acceptors (Lipinski definition) is 1. The predicted molar refractivity (Wildman–Crippen MR) is 416 cm³/mol. The van der Waals surface area contributed by atoms with Crippen molar-refractivity contribution in [1.29, 1.82) is 0 Å². The minimum absolute atomic E-state index is 1.15. The van der Waals surface area contributed by atoms with Crippen LogP contribution in [0.5, 0.6) is 0 Å². The molecule has 16 aromatic carbocycles. The second kappa shape index (κ2) is 21.3. The molecule has 0 spiro atoms. The van der Waals surface area contributed by atoms with Crippen molar-refractivity contribution in [2.45, 2.75) is 20.8 Å². The van der Waals surface area contributed by atoms with Gasteiger partial charge in [-0.25, -0.2) is 0 Å². The maximum absolute atomic E-state index is 2.47. The molecule has 0 unspecified atom stereocenters. The lowest BCUT2D eigenvalue weighted by Gasteiger charge is -2.25. The summed E-state index contributed by atoms with van der Waals surface area (Å²) < 4.78 is 7.39. The molecule has 454 valence electrons. The van der Waals surface area contributed by atoms with Gasteiger partial charge < -0.3 is 18.1 Å². The molecule has 22 aromatic rings. The van der Waals surface area contributed by atoms with Gasteiger partial charge in [0, 0.05) is 81.7 Å². The SMILES string of the molecule is Cc1cc(C)c(-c2ccc3c(c2)c2c4ccccc4cc4c5ccccc5n3c42)c(C)c1.c1ccc(-c2ccc3c(c2)c2c4ccccc4cc4c5ccccc5n3c42)cc1.c1ccc(N(c2ccccc2)c2ccc3c(c2)c2c4ccccc4cc4c5ccccc5n3c42)cc1. The van der Waals surface area contributed by atoms with Crippen LogP contribution in [0.25, 0.3) is 169 Å². The zero-order valence-corrected chi connectivity index (χ0v) is 53.9. The zero-order valence-electron chi connectivity index (χ0n) is 53.9. The maximum Gasteiger partial charge on any atom is 0.0626 e. The number of benzene rings is 16. The second-order valence-corrected chi connectivity index (χ2v) is 26.5. The van der Waals surface area contributed by atoms with Crippen LogP contribution < -0.4 is 4.90 Å². The van der Waals surface area contributed by atoms with Gasteiger partial charge in [-0.2, -0.15) is 0 Å². The Kier molecular flexibility index (Phi) is 12.1. The Morgan fingerprint density at radius 3 is 0.979 bits per heavy atom. The molecule has 0 amide bonds. The van der Waals surface area contributed by atoms with Gasteiger partial charge in [0.2, 0.25) is 0 Å². The Morgan fingerprint density at radius 2 is 0.546 bits per heavy atom. The molecular weight excluding hydrogens is 1170 g/mol. The summed E-state index contributed by atoms with van der Waals surface area (Å²) in [6.45, 7) is 6.64. The van der Waals surface area contributed by atoms with Gasteiger partial charge in [0.25, 0.3) is 0 Å². The first kappa shape index (κ1) is 55.0. The topological polar surface area (TPSA) is 16.5 Å². The average molecular weight is 1240 g/mol. The van der Waals surface area contributed by atoms with Crippen molar-refractivity contribution in [3.63, 3.8) is 0 Å². The third-order valence-electron chi connectivity index (χ3n) is 20.9. The van der Waals surface area contributed by atoms with E-state index >= 15 is 0 Å². The highest BCUT2D eigenvalue weighted by molar-refractivity contribution is 6.34. The van der Waals surface area contributed by atoms with Crippen molar-refractivity contribution in [3.05, 3.63) is 338 Å². The van der Waals surface area contributed by atoms with Gasteiger partial charge in [0.1, 0.15) is 0 Å². The van der Waals surface area contributed by atoms with Crippen LogP contribution in [-0.2, 0) is 0 Å². The molecule has 4 heteroatoms. The first-order valence-corrected chi connectivity index (χ1v) is 33.7. The molecule has 0 aliphatic heterocycles. The van der Waals surface area contributed by atoms with Crippen LogP contribution in [0.4, 0.5) is 17.1 Å². The summed E-state index contributed by atoms with van der Waals surface area (Å²) in [5.41, 5.74) is 24.3. The first-order chi connectivity index (χ1) is 47.9. The maximum atomic E-state index is 2.47. The standard InChI is InChI=1S/C34H22N2.C31H23N.C28H17N/c1-3-12-24(13-4-1)35(25-14-5-2-6-15-25)26-19-20-32-30(22-26)33-27-16-8-7-11-23(27)21-29-28-17-9-10-18-31(28)36(32)34(29)33;1-18-14-19(2)29(20(3)15-18)22-12-13-28-26(17-22)30-23-9-5-4-8-21(23)16-25-24-10-6-7-11-27(24)32(28)31(25)30;1-2-8-18(9-3-1)19-14-15-26-24(16-19)27-21-11-5-4-10-20(21)17-23-22-12-6-7-13-25(22)29(26)28(23)27/h1-22H;4-17H,1-3H3;1-17H. The minimum Gasteiger partial charge on any atom is -0.310 e. The number of nitrogens with zero attached hydrogens (tertiary/aromatic N) is 4. The van der Waals surface area contributed by atoms with Crippen molar-refractivity contribution in [1.82, 2.24) is 13.2 Å². The number of anilines is 3. The van der Waals surface area contributed by atoms with E-state index in [0.29, 0.717) is 0 Å². The molecule has 0 aliphatic rings. The van der Waals surface area contributed by atoms with Crippen LogP contribution in [0.1, 0.15) is 16.7 Å². The first-order valence-electron chi connectivity index (χ1n) is 33.7. The number of hydrogen-bond donors (Lipinski definition) is 0. The van der Waals surface area contributed by atoms with Crippen LogP contribution in [0.15, 0.2) is 322 Å². The fourth-order valence-corrected chi connectivity index (χ4v) is 17.1. The van der Waals surface area contributed by atoms with E-state index in [9.17, 15) is 0 Å². The number of aryl methyl sites for hydroxylation is 3. The molecule has 0 bridgehead atoms. The number of rotatable bonds is 5. The highest BCUT2D eigenvalue weighted by Gasteiger charge is 2.25. The summed E-state index contributed by atoms with van der Waals surface area (Å²) in [4.78, 5) is 2.34. The molecule has 97 heavy (non-hydrogen) atoms. The molecule has 0 fully saturated rings. The average Bonchev–Trinajstić information content (AvgIpc) is 1.55. The predicted octanol–water partition coefficient (Wildman–Crippen LogP) is 25.7. The number of aromatic nitrogens is 3. The van der Waals surface area contributed by atoms with Gasteiger partial charge in [-0.3, -0.25) is 0 Å². The highest BCUT2D eigenvalue weighted by Crippen LogP contribution is 2.49. The minimum atomic E-state index is 1.15. The summed E-state index contributed by atoms with van der Waals surface area (Å²) >= 11 is 0. The van der Waals surface area contributed by atoms with Gasteiger partial charge in [-0.15, -0.1) is 0 Å². The molecule has 0 radical (unpaired) electrons. The second-order valence-electron chi connectivity index (χ2n) is 26.5. The van der Waals surface area contributed by atoms with E-state index in [0.717, 1.165) is 17.1 Å². The third-order valence-corrected chi connectivity index (χ3v) is 20.9.